The molecule has 54 valence electrons. The predicted octanol–water partition coefficient (Wildman–Crippen LogP) is 2.93. The van der Waals surface area contributed by atoms with Crippen LogP contribution in [0.1, 0.15) is 32.1 Å². The number of thioether (sulfide) groups is 1. The molecular weight excluding hydrogens is 128 g/mol. The Morgan fingerprint density at radius 3 is 2.44 bits per heavy atom. The molecule has 0 unspecified atom stereocenters. The first-order valence-corrected chi connectivity index (χ1v) is 5.32. The monoisotopic (exact) mass is 144 g/mol. The van der Waals surface area contributed by atoms with Crippen molar-refractivity contribution < 1.29 is 0 Å². The smallest absolute Gasteiger partial charge is 0.00419 e. The Bertz CT molecular complexity index is 62.2. The minimum atomic E-state index is 1.06. The summed E-state index contributed by atoms with van der Waals surface area (Å²) in [4.78, 5) is 0. The first-order chi connectivity index (χ1) is 4.43. The van der Waals surface area contributed by atoms with Gasteiger partial charge in [-0.3, -0.25) is 0 Å². The van der Waals surface area contributed by atoms with Gasteiger partial charge in [0.25, 0.3) is 0 Å². The molecule has 0 radical (unpaired) electrons. The molecule has 0 nitrogen and oxygen atoms in total. The predicted molar refractivity (Wildman–Crippen MR) is 45.0 cm³/mol. The van der Waals surface area contributed by atoms with E-state index >= 15 is 0 Å². The van der Waals surface area contributed by atoms with Crippen LogP contribution in [0, 0.1) is 5.92 Å². The highest BCUT2D eigenvalue weighted by Crippen LogP contribution is 2.25. The second-order valence-corrected chi connectivity index (χ2v) is 3.87. The van der Waals surface area contributed by atoms with Gasteiger partial charge in [0.05, 0.1) is 0 Å². The van der Waals surface area contributed by atoms with Crippen molar-refractivity contribution in [3.05, 3.63) is 0 Å². The van der Waals surface area contributed by atoms with Gasteiger partial charge in [0.1, 0.15) is 0 Å². The summed E-state index contributed by atoms with van der Waals surface area (Å²) in [5, 5.41) is 0. The lowest BCUT2D eigenvalue weighted by Gasteiger charge is -2.19. The van der Waals surface area contributed by atoms with Gasteiger partial charge in [-0.2, -0.15) is 11.8 Å². The molecule has 1 rings (SSSR count). The highest BCUT2D eigenvalue weighted by atomic mass is 32.2. The normalized spacial score (nSPS) is 22.3. The highest BCUT2D eigenvalue weighted by Gasteiger charge is 2.11. The van der Waals surface area contributed by atoms with Crippen molar-refractivity contribution in [1.82, 2.24) is 0 Å². The minimum Gasteiger partial charge on any atom is -0.165 e. The Balaban J connectivity index is 2.08. The number of hydrogen-bond donors (Lipinski definition) is 0. The summed E-state index contributed by atoms with van der Waals surface area (Å²) < 4.78 is 0. The molecule has 0 saturated heterocycles. The summed E-state index contributed by atoms with van der Waals surface area (Å²) in [5.74, 6) is 2.47. The quantitative estimate of drug-likeness (QED) is 0.574. The Hall–Kier alpha value is 0.350. The maximum atomic E-state index is 2.22. The second-order valence-electron chi connectivity index (χ2n) is 2.96. The van der Waals surface area contributed by atoms with Crippen LogP contribution in [0.5, 0.6) is 0 Å². The second kappa shape index (κ2) is 4.21. The van der Waals surface area contributed by atoms with Gasteiger partial charge < -0.3 is 0 Å². The van der Waals surface area contributed by atoms with Crippen molar-refractivity contribution in [3.8, 4) is 0 Å². The first-order valence-electron chi connectivity index (χ1n) is 3.92. The van der Waals surface area contributed by atoms with Gasteiger partial charge in [-0.1, -0.05) is 19.3 Å². The maximum absolute atomic E-state index is 2.22. The zero-order chi connectivity index (χ0) is 6.53. The van der Waals surface area contributed by atoms with Crippen LogP contribution in [-0.4, -0.2) is 12.0 Å². The van der Waals surface area contributed by atoms with Gasteiger partial charge in [0.15, 0.2) is 0 Å². The van der Waals surface area contributed by atoms with Gasteiger partial charge >= 0.3 is 0 Å². The highest BCUT2D eigenvalue weighted by molar-refractivity contribution is 7.98. The van der Waals surface area contributed by atoms with Gasteiger partial charge in [0.2, 0.25) is 0 Å². The summed E-state index contributed by atoms with van der Waals surface area (Å²) >= 11 is 2.01. The molecule has 1 heteroatoms. The van der Waals surface area contributed by atoms with Crippen LogP contribution >= 0.6 is 11.8 Å². The van der Waals surface area contributed by atoms with Crippen LogP contribution in [0.15, 0.2) is 0 Å². The molecule has 1 aliphatic rings. The molecular formula is C8H16S. The van der Waals surface area contributed by atoms with Crippen molar-refractivity contribution in [2.75, 3.05) is 12.0 Å². The average Bonchev–Trinajstić information content (AvgIpc) is 1.91. The van der Waals surface area contributed by atoms with E-state index in [-0.39, 0.29) is 0 Å². The maximum Gasteiger partial charge on any atom is -0.00419 e. The lowest BCUT2D eigenvalue weighted by atomic mass is 9.91. The van der Waals surface area contributed by atoms with E-state index < -0.39 is 0 Å². The van der Waals surface area contributed by atoms with Crippen LogP contribution in [0.3, 0.4) is 0 Å². The fourth-order valence-electron chi connectivity index (χ4n) is 1.59. The van der Waals surface area contributed by atoms with E-state index in [0.29, 0.717) is 0 Å². The molecule has 0 aromatic carbocycles. The SMILES string of the molecule is CSCC1CCCCC1. The van der Waals surface area contributed by atoms with E-state index in [1.165, 1.54) is 37.9 Å². The third-order valence-corrected chi connectivity index (χ3v) is 2.93. The lowest BCUT2D eigenvalue weighted by molar-refractivity contribution is 0.391. The van der Waals surface area contributed by atoms with E-state index in [2.05, 4.69) is 6.26 Å². The van der Waals surface area contributed by atoms with Gasteiger partial charge in [-0.25, -0.2) is 0 Å². The molecule has 9 heavy (non-hydrogen) atoms. The number of rotatable bonds is 2. The van der Waals surface area contributed by atoms with Crippen molar-refractivity contribution in [1.29, 1.82) is 0 Å². The molecule has 0 aromatic heterocycles. The topological polar surface area (TPSA) is 0 Å². The first kappa shape index (κ1) is 7.46. The van der Waals surface area contributed by atoms with E-state index in [4.69, 9.17) is 0 Å². The fourth-order valence-corrected chi connectivity index (χ4v) is 2.39. The zero-order valence-electron chi connectivity index (χ0n) is 6.23. The molecule has 0 spiro atoms. The molecule has 1 saturated carbocycles. The standard InChI is InChI=1S/C8H16S/c1-9-7-8-5-3-2-4-6-8/h8H,2-7H2,1H3. The van der Waals surface area contributed by atoms with Crippen LogP contribution in [0.25, 0.3) is 0 Å². The summed E-state index contributed by atoms with van der Waals surface area (Å²) in [6, 6.07) is 0. The van der Waals surface area contributed by atoms with Crippen molar-refractivity contribution in [3.63, 3.8) is 0 Å². The summed E-state index contributed by atoms with van der Waals surface area (Å²) in [6.45, 7) is 0. The van der Waals surface area contributed by atoms with Crippen LogP contribution < -0.4 is 0 Å². The number of hydrogen-bond acceptors (Lipinski definition) is 1. The van der Waals surface area contributed by atoms with Crippen LogP contribution in [-0.2, 0) is 0 Å². The molecule has 0 atom stereocenters. The van der Waals surface area contributed by atoms with E-state index in [1.54, 1.807) is 0 Å². The van der Waals surface area contributed by atoms with Crippen LogP contribution in [0.4, 0.5) is 0 Å². The van der Waals surface area contributed by atoms with Gasteiger partial charge in [-0.05, 0) is 30.8 Å². The third-order valence-electron chi connectivity index (χ3n) is 2.13. The molecule has 0 bridgehead atoms. The van der Waals surface area contributed by atoms with Gasteiger partial charge in [-0.15, -0.1) is 0 Å². The molecule has 0 aliphatic heterocycles. The third kappa shape index (κ3) is 2.61. The van der Waals surface area contributed by atoms with Crippen molar-refractivity contribution >= 4 is 11.8 Å². The Kier molecular flexibility index (Phi) is 3.49. The van der Waals surface area contributed by atoms with Crippen LogP contribution in [0.2, 0.25) is 0 Å². The summed E-state index contributed by atoms with van der Waals surface area (Å²) in [6.07, 6.45) is 9.69. The lowest BCUT2D eigenvalue weighted by Crippen LogP contribution is -2.07. The molecule has 0 aromatic rings. The van der Waals surface area contributed by atoms with Crippen molar-refractivity contribution in [2.24, 2.45) is 5.92 Å². The molecule has 0 amide bonds. The van der Waals surface area contributed by atoms with E-state index in [1.807, 2.05) is 11.8 Å². The largest absolute Gasteiger partial charge is 0.165 e. The summed E-state index contributed by atoms with van der Waals surface area (Å²) in [5.41, 5.74) is 0. The van der Waals surface area contributed by atoms with Crippen molar-refractivity contribution in [2.45, 2.75) is 32.1 Å². The van der Waals surface area contributed by atoms with Gasteiger partial charge in [0, 0.05) is 0 Å². The molecule has 1 aliphatic carbocycles. The summed E-state index contributed by atoms with van der Waals surface area (Å²) in [7, 11) is 0. The molecule has 0 N–H and O–H groups in total. The zero-order valence-corrected chi connectivity index (χ0v) is 7.04. The van der Waals surface area contributed by atoms with E-state index in [0.717, 1.165) is 5.92 Å². The Morgan fingerprint density at radius 2 is 1.89 bits per heavy atom. The average molecular weight is 144 g/mol. The Labute approximate surface area is 62.4 Å². The van der Waals surface area contributed by atoms with E-state index in [9.17, 15) is 0 Å². The minimum absolute atomic E-state index is 1.06. The fraction of sp³-hybridized carbons (Fsp3) is 1.00. The Morgan fingerprint density at radius 1 is 1.22 bits per heavy atom. The molecule has 1 fully saturated rings. The molecule has 0 heterocycles.